The van der Waals surface area contributed by atoms with Crippen molar-refractivity contribution in [2.75, 3.05) is 32.8 Å². The molecule has 0 fully saturated rings. The second-order valence-electron chi connectivity index (χ2n) is 5.34. The number of hydrogen-bond donors (Lipinski definition) is 2. The van der Waals surface area contributed by atoms with E-state index in [1.54, 1.807) is 11.3 Å². The number of aliphatic imine (C=N–C) groups is 1. The molecule has 0 aliphatic rings. The molecule has 0 unspecified atom stereocenters. The van der Waals surface area contributed by atoms with Crippen LogP contribution in [0.1, 0.15) is 50.7 Å². The maximum absolute atomic E-state index is 5.55. The fourth-order valence-corrected chi connectivity index (χ4v) is 2.76. The fourth-order valence-electron chi connectivity index (χ4n) is 1.98. The number of thiazole rings is 1. The molecule has 0 spiro atoms. The number of nitrogens with zero attached hydrogens (tertiary/aromatic N) is 2. The molecule has 0 saturated carbocycles. The van der Waals surface area contributed by atoms with Crippen LogP contribution in [0.15, 0.2) is 10.4 Å². The Morgan fingerprint density at radius 1 is 1.21 bits per heavy atom. The van der Waals surface area contributed by atoms with Crippen LogP contribution >= 0.6 is 35.3 Å². The number of guanidine groups is 1. The van der Waals surface area contributed by atoms with Crippen molar-refractivity contribution in [3.05, 3.63) is 16.1 Å². The van der Waals surface area contributed by atoms with Crippen molar-refractivity contribution in [1.29, 1.82) is 0 Å². The molecular formula is C17H33IN4OS. The van der Waals surface area contributed by atoms with Crippen LogP contribution in [-0.2, 0) is 17.6 Å². The molecule has 2 N–H and O–H groups in total. The summed E-state index contributed by atoms with van der Waals surface area (Å²) >= 11 is 1.74. The SMILES string of the molecule is CCCCOCCCN=C(NCC)NCCc1csc(CC)n1.I. The summed E-state index contributed by atoms with van der Waals surface area (Å²) in [5, 5.41) is 10.0. The lowest BCUT2D eigenvalue weighted by Gasteiger charge is -2.10. The minimum absolute atomic E-state index is 0. The zero-order valence-corrected chi connectivity index (χ0v) is 18.4. The van der Waals surface area contributed by atoms with Gasteiger partial charge in [-0.25, -0.2) is 4.98 Å². The van der Waals surface area contributed by atoms with Crippen molar-refractivity contribution in [2.24, 2.45) is 4.99 Å². The Balaban J connectivity index is 0.00000529. The van der Waals surface area contributed by atoms with Crippen molar-refractivity contribution in [1.82, 2.24) is 15.6 Å². The first-order valence-electron chi connectivity index (χ1n) is 8.83. The highest BCUT2D eigenvalue weighted by Gasteiger charge is 2.01. The largest absolute Gasteiger partial charge is 0.381 e. The summed E-state index contributed by atoms with van der Waals surface area (Å²) in [5.41, 5.74) is 1.17. The highest BCUT2D eigenvalue weighted by molar-refractivity contribution is 14.0. The number of halogens is 1. The first-order chi connectivity index (χ1) is 11.3. The fraction of sp³-hybridized carbons (Fsp3) is 0.765. The molecule has 0 atom stereocenters. The number of unbranched alkanes of at least 4 members (excludes halogenated alkanes) is 1. The predicted octanol–water partition coefficient (Wildman–Crippen LogP) is 3.63. The van der Waals surface area contributed by atoms with Crippen LogP contribution in [0.3, 0.4) is 0 Å². The molecule has 0 aliphatic carbocycles. The van der Waals surface area contributed by atoms with Gasteiger partial charge in [0, 0.05) is 44.6 Å². The van der Waals surface area contributed by atoms with Gasteiger partial charge in [0.1, 0.15) is 0 Å². The Morgan fingerprint density at radius 2 is 2.00 bits per heavy atom. The molecule has 5 nitrogen and oxygen atoms in total. The van der Waals surface area contributed by atoms with Gasteiger partial charge in [-0.15, -0.1) is 35.3 Å². The average molecular weight is 468 g/mol. The zero-order valence-electron chi connectivity index (χ0n) is 15.3. The quantitative estimate of drug-likeness (QED) is 0.213. The number of nitrogens with one attached hydrogen (secondary N) is 2. The van der Waals surface area contributed by atoms with Crippen LogP contribution < -0.4 is 10.6 Å². The lowest BCUT2D eigenvalue weighted by molar-refractivity contribution is 0.130. The van der Waals surface area contributed by atoms with Crippen molar-refractivity contribution >= 4 is 41.3 Å². The van der Waals surface area contributed by atoms with E-state index in [0.29, 0.717) is 0 Å². The Labute approximate surface area is 168 Å². The zero-order chi connectivity index (χ0) is 16.8. The normalized spacial score (nSPS) is 11.2. The van der Waals surface area contributed by atoms with Gasteiger partial charge in [0.05, 0.1) is 10.7 Å². The Kier molecular flexibility index (Phi) is 15.8. The predicted molar refractivity (Wildman–Crippen MR) is 115 cm³/mol. The minimum Gasteiger partial charge on any atom is -0.381 e. The standard InChI is InChI=1S/C17H32N4OS.HI/c1-4-7-12-22-13-8-10-19-17(18-6-3)20-11-9-15-14-23-16(5-2)21-15;/h14H,4-13H2,1-3H3,(H2,18,19,20);1H. The maximum Gasteiger partial charge on any atom is 0.191 e. The third-order valence-electron chi connectivity index (χ3n) is 3.28. The highest BCUT2D eigenvalue weighted by atomic mass is 127. The van der Waals surface area contributed by atoms with Crippen molar-refractivity contribution in [3.8, 4) is 0 Å². The number of hydrogen-bond acceptors (Lipinski definition) is 4. The first kappa shape index (κ1) is 23.6. The first-order valence-corrected chi connectivity index (χ1v) is 9.71. The minimum atomic E-state index is 0. The van der Waals surface area contributed by atoms with Crippen LogP contribution in [-0.4, -0.2) is 43.8 Å². The lowest BCUT2D eigenvalue weighted by Crippen LogP contribution is -2.38. The van der Waals surface area contributed by atoms with E-state index in [4.69, 9.17) is 4.74 Å². The van der Waals surface area contributed by atoms with E-state index in [1.165, 1.54) is 17.1 Å². The summed E-state index contributed by atoms with van der Waals surface area (Å²) in [6.45, 7) is 10.6. The van der Waals surface area contributed by atoms with Gasteiger partial charge in [-0.05, 0) is 26.2 Å². The molecular weight excluding hydrogens is 435 g/mol. The van der Waals surface area contributed by atoms with Gasteiger partial charge in [-0.2, -0.15) is 0 Å². The third kappa shape index (κ3) is 11.2. The number of ether oxygens (including phenoxy) is 1. The van der Waals surface area contributed by atoms with Crippen molar-refractivity contribution in [3.63, 3.8) is 0 Å². The molecule has 0 aromatic carbocycles. The van der Waals surface area contributed by atoms with E-state index >= 15 is 0 Å². The van der Waals surface area contributed by atoms with Crippen LogP contribution in [0.2, 0.25) is 0 Å². The van der Waals surface area contributed by atoms with Gasteiger partial charge < -0.3 is 15.4 Å². The molecule has 0 radical (unpaired) electrons. The van der Waals surface area contributed by atoms with Crippen molar-refractivity contribution < 1.29 is 4.74 Å². The molecule has 140 valence electrons. The van der Waals surface area contributed by atoms with E-state index in [-0.39, 0.29) is 24.0 Å². The van der Waals surface area contributed by atoms with E-state index in [0.717, 1.165) is 64.5 Å². The molecule has 0 saturated heterocycles. The van der Waals surface area contributed by atoms with Gasteiger partial charge >= 0.3 is 0 Å². The van der Waals surface area contributed by atoms with E-state index in [2.05, 4.69) is 46.8 Å². The Bertz CT molecular complexity index is 440. The van der Waals surface area contributed by atoms with Crippen LogP contribution in [0.4, 0.5) is 0 Å². The van der Waals surface area contributed by atoms with Crippen LogP contribution in [0, 0.1) is 0 Å². The van der Waals surface area contributed by atoms with E-state index < -0.39 is 0 Å². The van der Waals surface area contributed by atoms with Gasteiger partial charge in [0.2, 0.25) is 0 Å². The van der Waals surface area contributed by atoms with Crippen molar-refractivity contribution in [2.45, 2.75) is 52.9 Å². The summed E-state index contributed by atoms with van der Waals surface area (Å²) in [7, 11) is 0. The van der Waals surface area contributed by atoms with Gasteiger partial charge in [-0.1, -0.05) is 20.3 Å². The monoisotopic (exact) mass is 468 g/mol. The number of rotatable bonds is 12. The number of aryl methyl sites for hydroxylation is 1. The summed E-state index contributed by atoms with van der Waals surface area (Å²) in [5.74, 6) is 0.881. The molecule has 1 heterocycles. The summed E-state index contributed by atoms with van der Waals surface area (Å²) in [6, 6.07) is 0. The van der Waals surface area contributed by atoms with Gasteiger partial charge in [0.15, 0.2) is 5.96 Å². The molecule has 1 aromatic heterocycles. The average Bonchev–Trinajstić information content (AvgIpc) is 3.02. The second kappa shape index (κ2) is 16.1. The third-order valence-corrected chi connectivity index (χ3v) is 4.32. The molecule has 1 aromatic rings. The molecule has 24 heavy (non-hydrogen) atoms. The number of aromatic nitrogens is 1. The topological polar surface area (TPSA) is 58.5 Å². The van der Waals surface area contributed by atoms with E-state index in [9.17, 15) is 0 Å². The van der Waals surface area contributed by atoms with Crippen LogP contribution in [0.25, 0.3) is 0 Å². The smallest absolute Gasteiger partial charge is 0.191 e. The molecule has 0 bridgehead atoms. The molecule has 0 amide bonds. The molecule has 7 heteroatoms. The van der Waals surface area contributed by atoms with Gasteiger partial charge in [-0.3, -0.25) is 4.99 Å². The molecule has 1 rings (SSSR count). The molecule has 0 aliphatic heterocycles. The summed E-state index contributed by atoms with van der Waals surface area (Å²) in [4.78, 5) is 9.16. The Hall–Kier alpha value is -0.410. The summed E-state index contributed by atoms with van der Waals surface area (Å²) < 4.78 is 5.55. The summed E-state index contributed by atoms with van der Waals surface area (Å²) in [6.07, 6.45) is 5.24. The van der Waals surface area contributed by atoms with Crippen LogP contribution in [0.5, 0.6) is 0 Å². The highest BCUT2D eigenvalue weighted by Crippen LogP contribution is 2.10. The maximum atomic E-state index is 5.55. The van der Waals surface area contributed by atoms with Gasteiger partial charge in [0.25, 0.3) is 0 Å². The van der Waals surface area contributed by atoms with E-state index in [1.807, 2.05) is 0 Å². The lowest BCUT2D eigenvalue weighted by atomic mass is 10.3. The Morgan fingerprint density at radius 3 is 2.67 bits per heavy atom. The second-order valence-corrected chi connectivity index (χ2v) is 6.29.